The number of pyridine rings is 1. The SMILES string of the molecule is CC(CBr)(NC(=O)c1ccccn1)c1ccccc1. The van der Waals surface area contributed by atoms with Crippen molar-refractivity contribution in [1.29, 1.82) is 0 Å². The second kappa shape index (κ2) is 5.97. The minimum Gasteiger partial charge on any atom is -0.341 e. The first-order valence-corrected chi connectivity index (χ1v) is 7.13. The monoisotopic (exact) mass is 318 g/mol. The highest BCUT2D eigenvalue weighted by Crippen LogP contribution is 2.23. The lowest BCUT2D eigenvalue weighted by Crippen LogP contribution is -2.45. The fourth-order valence-corrected chi connectivity index (χ4v) is 2.26. The quantitative estimate of drug-likeness (QED) is 0.880. The highest BCUT2D eigenvalue weighted by atomic mass is 79.9. The summed E-state index contributed by atoms with van der Waals surface area (Å²) in [5.41, 5.74) is 1.01. The molecule has 0 fully saturated rings. The van der Waals surface area contributed by atoms with Gasteiger partial charge in [-0.15, -0.1) is 0 Å². The van der Waals surface area contributed by atoms with E-state index >= 15 is 0 Å². The Kier molecular flexibility index (Phi) is 4.32. The number of aromatic nitrogens is 1. The normalized spacial score (nSPS) is 13.6. The standard InChI is InChI=1S/C15H15BrN2O/c1-15(11-16,12-7-3-2-4-8-12)18-14(19)13-9-5-6-10-17-13/h2-10H,11H2,1H3,(H,18,19). The Labute approximate surface area is 121 Å². The van der Waals surface area contributed by atoms with Gasteiger partial charge >= 0.3 is 0 Å². The molecule has 0 spiro atoms. The summed E-state index contributed by atoms with van der Waals surface area (Å²) in [6, 6.07) is 15.2. The second-order valence-corrected chi connectivity index (χ2v) is 5.06. The molecule has 3 nitrogen and oxygen atoms in total. The van der Waals surface area contributed by atoms with Gasteiger partial charge in [0.25, 0.3) is 5.91 Å². The van der Waals surface area contributed by atoms with Crippen LogP contribution < -0.4 is 5.32 Å². The molecular formula is C15H15BrN2O. The summed E-state index contributed by atoms with van der Waals surface area (Å²) in [7, 11) is 0. The van der Waals surface area contributed by atoms with Crippen LogP contribution in [-0.4, -0.2) is 16.2 Å². The van der Waals surface area contributed by atoms with Crippen molar-refractivity contribution in [3.8, 4) is 0 Å². The van der Waals surface area contributed by atoms with Crippen LogP contribution in [0.3, 0.4) is 0 Å². The van der Waals surface area contributed by atoms with Gasteiger partial charge < -0.3 is 5.32 Å². The van der Waals surface area contributed by atoms with Gasteiger partial charge in [0.05, 0.1) is 5.54 Å². The van der Waals surface area contributed by atoms with Crippen LogP contribution in [0.15, 0.2) is 54.7 Å². The van der Waals surface area contributed by atoms with Crippen LogP contribution in [0.4, 0.5) is 0 Å². The van der Waals surface area contributed by atoms with Crippen LogP contribution in [0.1, 0.15) is 23.0 Å². The predicted octanol–water partition coefficient (Wildman–Crippen LogP) is 3.12. The average Bonchev–Trinajstić information content (AvgIpc) is 2.49. The van der Waals surface area contributed by atoms with E-state index in [0.717, 1.165) is 5.56 Å². The summed E-state index contributed by atoms with van der Waals surface area (Å²) in [4.78, 5) is 16.3. The van der Waals surface area contributed by atoms with Crippen molar-refractivity contribution in [3.05, 3.63) is 66.0 Å². The van der Waals surface area contributed by atoms with Gasteiger partial charge in [-0.2, -0.15) is 0 Å². The van der Waals surface area contributed by atoms with Crippen LogP contribution in [0.2, 0.25) is 0 Å². The zero-order valence-corrected chi connectivity index (χ0v) is 12.2. The van der Waals surface area contributed by atoms with E-state index in [-0.39, 0.29) is 5.91 Å². The zero-order valence-electron chi connectivity index (χ0n) is 10.6. The van der Waals surface area contributed by atoms with E-state index in [1.807, 2.05) is 37.3 Å². The molecule has 0 radical (unpaired) electrons. The fourth-order valence-electron chi connectivity index (χ4n) is 1.80. The molecule has 98 valence electrons. The molecule has 4 heteroatoms. The van der Waals surface area contributed by atoms with E-state index in [9.17, 15) is 4.79 Å². The van der Waals surface area contributed by atoms with Gasteiger partial charge in [-0.25, -0.2) is 0 Å². The summed E-state index contributed by atoms with van der Waals surface area (Å²) < 4.78 is 0. The Morgan fingerprint density at radius 2 is 1.89 bits per heavy atom. The maximum absolute atomic E-state index is 12.2. The van der Waals surface area contributed by atoms with E-state index in [1.54, 1.807) is 24.4 Å². The molecule has 1 heterocycles. The number of amides is 1. The first-order valence-electron chi connectivity index (χ1n) is 6.01. The lowest BCUT2D eigenvalue weighted by atomic mass is 9.94. The fraction of sp³-hybridized carbons (Fsp3) is 0.200. The van der Waals surface area contributed by atoms with Gasteiger partial charge in [0.2, 0.25) is 0 Å². The molecule has 0 bridgehead atoms. The Morgan fingerprint density at radius 1 is 1.21 bits per heavy atom. The number of nitrogens with one attached hydrogen (secondary N) is 1. The van der Waals surface area contributed by atoms with Gasteiger partial charge in [0, 0.05) is 11.5 Å². The molecule has 1 N–H and O–H groups in total. The van der Waals surface area contributed by atoms with Crippen LogP contribution in [0.25, 0.3) is 0 Å². The lowest BCUT2D eigenvalue weighted by Gasteiger charge is -2.29. The number of nitrogens with zero attached hydrogens (tertiary/aromatic N) is 1. The van der Waals surface area contributed by atoms with E-state index in [4.69, 9.17) is 0 Å². The van der Waals surface area contributed by atoms with Crippen molar-refractivity contribution >= 4 is 21.8 Å². The third kappa shape index (κ3) is 3.20. The van der Waals surface area contributed by atoms with Crippen molar-refractivity contribution in [2.45, 2.75) is 12.5 Å². The molecule has 0 saturated heterocycles. The molecule has 0 aliphatic rings. The molecule has 0 aliphatic carbocycles. The maximum atomic E-state index is 12.2. The predicted molar refractivity (Wildman–Crippen MR) is 79.3 cm³/mol. The molecule has 1 aromatic carbocycles. The number of hydrogen-bond acceptors (Lipinski definition) is 2. The number of halogens is 1. The van der Waals surface area contributed by atoms with E-state index in [0.29, 0.717) is 11.0 Å². The minimum atomic E-state index is -0.462. The highest BCUT2D eigenvalue weighted by Gasteiger charge is 2.27. The van der Waals surface area contributed by atoms with Crippen molar-refractivity contribution in [2.75, 3.05) is 5.33 Å². The summed E-state index contributed by atoms with van der Waals surface area (Å²) >= 11 is 3.47. The second-order valence-electron chi connectivity index (χ2n) is 4.50. The average molecular weight is 319 g/mol. The number of rotatable bonds is 4. The van der Waals surface area contributed by atoms with Crippen LogP contribution in [-0.2, 0) is 5.54 Å². The van der Waals surface area contributed by atoms with E-state index in [1.165, 1.54) is 0 Å². The van der Waals surface area contributed by atoms with Gasteiger partial charge in [0.15, 0.2) is 0 Å². The largest absolute Gasteiger partial charge is 0.341 e. The van der Waals surface area contributed by atoms with Gasteiger partial charge in [-0.1, -0.05) is 52.3 Å². The van der Waals surface area contributed by atoms with E-state index in [2.05, 4.69) is 26.2 Å². The third-order valence-corrected chi connectivity index (χ3v) is 4.09. The lowest BCUT2D eigenvalue weighted by molar-refractivity contribution is 0.0909. The molecular weight excluding hydrogens is 304 g/mol. The highest BCUT2D eigenvalue weighted by molar-refractivity contribution is 9.09. The third-order valence-electron chi connectivity index (χ3n) is 2.97. The minimum absolute atomic E-state index is 0.175. The number of carbonyl (C=O) groups excluding carboxylic acids is 1. The number of carbonyl (C=O) groups is 1. The summed E-state index contributed by atoms with van der Waals surface area (Å²) in [5.74, 6) is -0.175. The Morgan fingerprint density at radius 3 is 2.47 bits per heavy atom. The van der Waals surface area contributed by atoms with Crippen LogP contribution in [0.5, 0.6) is 0 Å². The first kappa shape index (κ1) is 13.7. The summed E-state index contributed by atoms with van der Waals surface area (Å²) in [6.07, 6.45) is 1.61. The van der Waals surface area contributed by atoms with Gasteiger partial charge in [-0.3, -0.25) is 9.78 Å². The molecule has 1 atom stereocenters. The Balaban J connectivity index is 2.22. The molecule has 0 aliphatic heterocycles. The van der Waals surface area contributed by atoms with Crippen LogP contribution >= 0.6 is 15.9 Å². The summed E-state index contributed by atoms with van der Waals surface area (Å²) in [5, 5.41) is 3.65. The van der Waals surface area contributed by atoms with E-state index < -0.39 is 5.54 Å². The number of hydrogen-bond donors (Lipinski definition) is 1. The smallest absolute Gasteiger partial charge is 0.270 e. The maximum Gasteiger partial charge on any atom is 0.270 e. The van der Waals surface area contributed by atoms with Gasteiger partial charge in [0.1, 0.15) is 5.69 Å². The zero-order chi connectivity index (χ0) is 13.7. The molecule has 19 heavy (non-hydrogen) atoms. The molecule has 2 aromatic rings. The molecule has 1 unspecified atom stereocenters. The number of alkyl halides is 1. The topological polar surface area (TPSA) is 42.0 Å². The molecule has 1 aromatic heterocycles. The Hall–Kier alpha value is -1.68. The van der Waals surface area contributed by atoms with Crippen molar-refractivity contribution < 1.29 is 4.79 Å². The molecule has 1 amide bonds. The van der Waals surface area contributed by atoms with Crippen LogP contribution in [0, 0.1) is 0 Å². The number of benzene rings is 1. The summed E-state index contributed by atoms with van der Waals surface area (Å²) in [6.45, 7) is 1.98. The molecule has 0 saturated carbocycles. The molecule has 2 rings (SSSR count). The van der Waals surface area contributed by atoms with Gasteiger partial charge in [-0.05, 0) is 24.6 Å². The van der Waals surface area contributed by atoms with Crippen molar-refractivity contribution in [3.63, 3.8) is 0 Å². The van der Waals surface area contributed by atoms with Crippen molar-refractivity contribution in [1.82, 2.24) is 10.3 Å². The van der Waals surface area contributed by atoms with Crippen molar-refractivity contribution in [2.24, 2.45) is 0 Å². The Bertz CT molecular complexity index is 545. The first-order chi connectivity index (χ1) is 9.15.